The molecule has 3 heteroatoms. The number of hydrogen-bond acceptors (Lipinski definition) is 3. The van der Waals surface area contributed by atoms with Crippen LogP contribution in [0.15, 0.2) is 24.3 Å². The molecule has 96 valence electrons. The summed E-state index contributed by atoms with van der Waals surface area (Å²) in [5, 5.41) is 3.34. The van der Waals surface area contributed by atoms with E-state index in [-0.39, 0.29) is 6.04 Å². The molecule has 3 N–H and O–H groups in total. The number of para-hydroxylation sites is 2. The molecule has 0 heterocycles. The number of nitrogens with one attached hydrogen (secondary N) is 1. The van der Waals surface area contributed by atoms with E-state index >= 15 is 0 Å². The van der Waals surface area contributed by atoms with Crippen molar-refractivity contribution in [1.82, 2.24) is 0 Å². The summed E-state index contributed by atoms with van der Waals surface area (Å²) in [4.78, 5) is 0. The highest BCUT2D eigenvalue weighted by atomic mass is 16.5. The minimum Gasteiger partial charge on any atom is -0.491 e. The van der Waals surface area contributed by atoms with Gasteiger partial charge in [0.15, 0.2) is 0 Å². The summed E-state index contributed by atoms with van der Waals surface area (Å²) in [6.45, 7) is 7.89. The van der Waals surface area contributed by atoms with Crippen LogP contribution >= 0.6 is 0 Å². The molecule has 0 saturated carbocycles. The fourth-order valence-corrected chi connectivity index (χ4v) is 1.38. The molecule has 0 amide bonds. The molecular weight excluding hydrogens is 212 g/mol. The third kappa shape index (κ3) is 5.09. The second-order valence-corrected chi connectivity index (χ2v) is 4.75. The number of hydrogen-bond donors (Lipinski definition) is 2. The average Bonchev–Trinajstić information content (AvgIpc) is 2.34. The summed E-state index contributed by atoms with van der Waals surface area (Å²) in [5.41, 5.74) is 6.91. The van der Waals surface area contributed by atoms with Gasteiger partial charge in [-0.2, -0.15) is 0 Å². The molecular formula is C14H24N2O. The van der Waals surface area contributed by atoms with Gasteiger partial charge in [0, 0.05) is 12.6 Å². The molecule has 0 bridgehead atoms. The first-order valence-electron chi connectivity index (χ1n) is 6.34. The zero-order valence-corrected chi connectivity index (χ0v) is 11.1. The van der Waals surface area contributed by atoms with Crippen LogP contribution in [0, 0.1) is 5.92 Å². The largest absolute Gasteiger partial charge is 0.491 e. The molecule has 1 rings (SSSR count). The lowest BCUT2D eigenvalue weighted by molar-refractivity contribution is 0.272. The molecule has 1 aromatic carbocycles. The standard InChI is InChI=1S/C14H24N2O/c1-4-12(15)9-16-13-7-5-6-8-14(13)17-10-11(2)3/h5-8,11-12,16H,4,9-10,15H2,1-3H3. The quantitative estimate of drug-likeness (QED) is 0.765. The van der Waals surface area contributed by atoms with Gasteiger partial charge < -0.3 is 15.8 Å². The Morgan fingerprint density at radius 2 is 2.00 bits per heavy atom. The first-order chi connectivity index (χ1) is 8.13. The minimum atomic E-state index is 0.188. The average molecular weight is 236 g/mol. The van der Waals surface area contributed by atoms with Crippen LogP contribution in [-0.4, -0.2) is 19.2 Å². The van der Waals surface area contributed by atoms with Crippen LogP contribution in [0.4, 0.5) is 5.69 Å². The van der Waals surface area contributed by atoms with Gasteiger partial charge in [-0.1, -0.05) is 32.9 Å². The zero-order chi connectivity index (χ0) is 12.7. The Bertz CT molecular complexity index is 326. The van der Waals surface area contributed by atoms with E-state index in [1.165, 1.54) is 0 Å². The summed E-state index contributed by atoms with van der Waals surface area (Å²) >= 11 is 0. The van der Waals surface area contributed by atoms with Gasteiger partial charge in [0.05, 0.1) is 12.3 Å². The fourth-order valence-electron chi connectivity index (χ4n) is 1.38. The van der Waals surface area contributed by atoms with Crippen molar-refractivity contribution in [3.63, 3.8) is 0 Å². The van der Waals surface area contributed by atoms with Gasteiger partial charge in [0.2, 0.25) is 0 Å². The van der Waals surface area contributed by atoms with Crippen LogP contribution in [0.25, 0.3) is 0 Å². The van der Waals surface area contributed by atoms with Crippen LogP contribution in [-0.2, 0) is 0 Å². The predicted molar refractivity (Wildman–Crippen MR) is 73.5 cm³/mol. The van der Waals surface area contributed by atoms with Gasteiger partial charge in [-0.25, -0.2) is 0 Å². The van der Waals surface area contributed by atoms with Crippen molar-refractivity contribution in [2.75, 3.05) is 18.5 Å². The third-order valence-electron chi connectivity index (χ3n) is 2.54. The Labute approximate surface area is 104 Å². The van der Waals surface area contributed by atoms with Crippen molar-refractivity contribution in [3.05, 3.63) is 24.3 Å². The SMILES string of the molecule is CCC(N)CNc1ccccc1OCC(C)C. The van der Waals surface area contributed by atoms with Gasteiger partial charge in [-0.05, 0) is 24.5 Å². The summed E-state index contributed by atoms with van der Waals surface area (Å²) in [6.07, 6.45) is 0.974. The predicted octanol–water partition coefficient (Wildman–Crippen LogP) is 2.87. The normalized spacial score (nSPS) is 12.5. The van der Waals surface area contributed by atoms with E-state index < -0.39 is 0 Å². The Morgan fingerprint density at radius 3 is 2.65 bits per heavy atom. The molecule has 1 unspecified atom stereocenters. The van der Waals surface area contributed by atoms with Crippen LogP contribution in [0.3, 0.4) is 0 Å². The van der Waals surface area contributed by atoms with Crippen molar-refractivity contribution in [1.29, 1.82) is 0 Å². The van der Waals surface area contributed by atoms with Gasteiger partial charge in [-0.3, -0.25) is 0 Å². The highest BCUT2D eigenvalue weighted by Gasteiger charge is 2.05. The Balaban J connectivity index is 2.57. The topological polar surface area (TPSA) is 47.3 Å². The van der Waals surface area contributed by atoms with Gasteiger partial charge >= 0.3 is 0 Å². The maximum Gasteiger partial charge on any atom is 0.142 e. The summed E-state index contributed by atoms with van der Waals surface area (Å²) in [6, 6.07) is 8.19. The number of anilines is 1. The van der Waals surface area contributed by atoms with Crippen LogP contribution in [0.5, 0.6) is 5.75 Å². The highest BCUT2D eigenvalue weighted by molar-refractivity contribution is 5.56. The Kier molecular flexibility index (Phi) is 5.84. The smallest absolute Gasteiger partial charge is 0.142 e. The molecule has 0 aromatic heterocycles. The van der Waals surface area contributed by atoms with Crippen molar-refractivity contribution < 1.29 is 4.74 Å². The lowest BCUT2D eigenvalue weighted by atomic mass is 10.2. The van der Waals surface area contributed by atoms with Crippen LogP contribution in [0.2, 0.25) is 0 Å². The lowest BCUT2D eigenvalue weighted by Gasteiger charge is -2.16. The van der Waals surface area contributed by atoms with Crippen molar-refractivity contribution in [2.24, 2.45) is 11.7 Å². The summed E-state index contributed by atoms with van der Waals surface area (Å²) in [5.74, 6) is 1.44. The molecule has 0 aliphatic heterocycles. The molecule has 0 fully saturated rings. The molecule has 3 nitrogen and oxygen atoms in total. The van der Waals surface area contributed by atoms with Gasteiger partial charge in [-0.15, -0.1) is 0 Å². The maximum atomic E-state index is 5.89. The molecule has 0 saturated heterocycles. The van der Waals surface area contributed by atoms with E-state index in [4.69, 9.17) is 10.5 Å². The monoisotopic (exact) mass is 236 g/mol. The molecule has 0 radical (unpaired) electrons. The van der Waals surface area contributed by atoms with Gasteiger partial charge in [0.1, 0.15) is 5.75 Å². The first kappa shape index (κ1) is 13.8. The highest BCUT2D eigenvalue weighted by Crippen LogP contribution is 2.24. The second-order valence-electron chi connectivity index (χ2n) is 4.75. The van der Waals surface area contributed by atoms with Crippen molar-refractivity contribution in [2.45, 2.75) is 33.2 Å². The number of ether oxygens (including phenoxy) is 1. The van der Waals surface area contributed by atoms with E-state index in [9.17, 15) is 0 Å². The number of benzene rings is 1. The molecule has 0 aliphatic rings. The van der Waals surface area contributed by atoms with E-state index in [2.05, 4.69) is 26.1 Å². The van der Waals surface area contributed by atoms with E-state index in [0.717, 1.165) is 31.0 Å². The summed E-state index contributed by atoms with van der Waals surface area (Å²) in [7, 11) is 0. The molecule has 0 aliphatic carbocycles. The molecule has 0 spiro atoms. The first-order valence-corrected chi connectivity index (χ1v) is 6.34. The maximum absolute atomic E-state index is 5.89. The number of nitrogens with two attached hydrogens (primary N) is 1. The van der Waals surface area contributed by atoms with Crippen LogP contribution in [0.1, 0.15) is 27.2 Å². The molecule has 1 atom stereocenters. The van der Waals surface area contributed by atoms with Gasteiger partial charge in [0.25, 0.3) is 0 Å². The summed E-state index contributed by atoms with van der Waals surface area (Å²) < 4.78 is 5.76. The lowest BCUT2D eigenvalue weighted by Crippen LogP contribution is -2.28. The Hall–Kier alpha value is -1.22. The van der Waals surface area contributed by atoms with Crippen LogP contribution < -0.4 is 15.8 Å². The second kappa shape index (κ2) is 7.17. The van der Waals surface area contributed by atoms with E-state index in [0.29, 0.717) is 5.92 Å². The Morgan fingerprint density at radius 1 is 1.29 bits per heavy atom. The zero-order valence-electron chi connectivity index (χ0n) is 11.1. The molecule has 1 aromatic rings. The third-order valence-corrected chi connectivity index (χ3v) is 2.54. The number of rotatable bonds is 7. The minimum absolute atomic E-state index is 0.188. The fraction of sp³-hybridized carbons (Fsp3) is 0.571. The van der Waals surface area contributed by atoms with Crippen molar-refractivity contribution in [3.8, 4) is 5.75 Å². The van der Waals surface area contributed by atoms with E-state index in [1.807, 2.05) is 24.3 Å². The van der Waals surface area contributed by atoms with E-state index in [1.54, 1.807) is 0 Å². The molecule has 17 heavy (non-hydrogen) atoms. The van der Waals surface area contributed by atoms with Crippen molar-refractivity contribution >= 4 is 5.69 Å².